The van der Waals surface area contributed by atoms with Crippen molar-refractivity contribution in [2.45, 2.75) is 19.9 Å². The molecule has 0 unspecified atom stereocenters. The quantitative estimate of drug-likeness (QED) is 0.705. The zero-order valence-corrected chi connectivity index (χ0v) is 9.56. The van der Waals surface area contributed by atoms with Crippen LogP contribution < -0.4 is 5.32 Å². The molecular weight excluding hydrogens is 204 g/mol. The fraction of sp³-hybridized carbons (Fsp3) is 0.500. The van der Waals surface area contributed by atoms with E-state index < -0.39 is 0 Å². The Morgan fingerprint density at radius 2 is 2.38 bits per heavy atom. The molecule has 6 heteroatoms. The molecule has 2 aromatic rings. The smallest absolute Gasteiger partial charge is 0.133 e. The minimum atomic E-state index is 0.804. The third-order valence-electron chi connectivity index (χ3n) is 2.40. The van der Waals surface area contributed by atoms with Gasteiger partial charge in [-0.05, 0) is 6.92 Å². The number of rotatable bonds is 5. The lowest BCUT2D eigenvalue weighted by Gasteiger charge is -2.02. The zero-order valence-electron chi connectivity index (χ0n) is 9.56. The molecule has 0 amide bonds. The van der Waals surface area contributed by atoms with Crippen molar-refractivity contribution in [2.75, 3.05) is 6.54 Å². The van der Waals surface area contributed by atoms with E-state index >= 15 is 0 Å². The molecule has 86 valence electrons. The van der Waals surface area contributed by atoms with Crippen LogP contribution in [-0.2, 0) is 20.0 Å². The highest BCUT2D eigenvalue weighted by atomic mass is 15.2. The molecule has 0 bridgehead atoms. The summed E-state index contributed by atoms with van der Waals surface area (Å²) in [7, 11) is 1.95. The van der Waals surface area contributed by atoms with Gasteiger partial charge >= 0.3 is 0 Å². The largest absolute Gasteiger partial charge is 0.345 e. The van der Waals surface area contributed by atoms with Crippen molar-refractivity contribution in [3.8, 4) is 0 Å². The van der Waals surface area contributed by atoms with Gasteiger partial charge in [0.15, 0.2) is 0 Å². The highest BCUT2D eigenvalue weighted by Gasteiger charge is 2.00. The second kappa shape index (κ2) is 4.89. The first kappa shape index (κ1) is 10.8. The number of aromatic amines is 1. The summed E-state index contributed by atoms with van der Waals surface area (Å²) in [6.45, 7) is 3.63. The van der Waals surface area contributed by atoms with Gasteiger partial charge in [0.1, 0.15) is 18.0 Å². The number of H-pyrrole nitrogens is 1. The van der Waals surface area contributed by atoms with Crippen molar-refractivity contribution in [1.82, 2.24) is 30.0 Å². The molecule has 0 atom stereocenters. The van der Waals surface area contributed by atoms with E-state index in [0.29, 0.717) is 0 Å². The highest BCUT2D eigenvalue weighted by molar-refractivity contribution is 4.99. The van der Waals surface area contributed by atoms with Crippen molar-refractivity contribution in [3.63, 3.8) is 0 Å². The van der Waals surface area contributed by atoms with Crippen LogP contribution in [0.3, 0.4) is 0 Å². The molecule has 0 aromatic carbocycles. The first-order valence-corrected chi connectivity index (χ1v) is 5.30. The molecule has 0 fully saturated rings. The highest BCUT2D eigenvalue weighted by Crippen LogP contribution is 1.95. The van der Waals surface area contributed by atoms with E-state index in [-0.39, 0.29) is 0 Å². The molecule has 0 saturated carbocycles. The third kappa shape index (κ3) is 2.66. The van der Waals surface area contributed by atoms with E-state index in [0.717, 1.165) is 36.9 Å². The molecule has 0 radical (unpaired) electrons. The summed E-state index contributed by atoms with van der Waals surface area (Å²) in [6, 6.07) is 0. The van der Waals surface area contributed by atoms with Crippen LogP contribution >= 0.6 is 0 Å². The Bertz CT molecular complexity index is 444. The number of hydrogen-bond acceptors (Lipinski definition) is 4. The summed E-state index contributed by atoms with van der Waals surface area (Å²) in [5, 5.41) is 11.2. The summed E-state index contributed by atoms with van der Waals surface area (Å²) in [6.07, 6.45) is 4.45. The maximum atomic E-state index is 4.14. The number of aromatic nitrogens is 5. The second-order valence-electron chi connectivity index (χ2n) is 3.78. The molecule has 6 nitrogen and oxygen atoms in total. The van der Waals surface area contributed by atoms with E-state index in [4.69, 9.17) is 0 Å². The Hall–Kier alpha value is -1.69. The standard InChI is InChI=1S/C10H16N6/c1-8-12-6-9(14-8)5-11-4-3-10-15-13-7-16(10)2/h6-7,11H,3-5H2,1-2H3,(H,12,14). The van der Waals surface area contributed by atoms with Gasteiger partial charge in [0.05, 0.1) is 0 Å². The second-order valence-corrected chi connectivity index (χ2v) is 3.78. The Kier molecular flexibility index (Phi) is 3.31. The molecule has 2 heterocycles. The zero-order chi connectivity index (χ0) is 11.4. The Balaban J connectivity index is 1.71. The van der Waals surface area contributed by atoms with E-state index in [1.54, 1.807) is 6.33 Å². The summed E-state index contributed by atoms with van der Waals surface area (Å²) in [5.41, 5.74) is 1.11. The Labute approximate surface area is 94.1 Å². The lowest BCUT2D eigenvalue weighted by molar-refractivity contribution is 0.646. The molecule has 0 saturated heterocycles. The van der Waals surface area contributed by atoms with Gasteiger partial charge in [-0.2, -0.15) is 0 Å². The molecule has 0 aliphatic rings. The van der Waals surface area contributed by atoms with Gasteiger partial charge in [0.25, 0.3) is 0 Å². The first-order valence-electron chi connectivity index (χ1n) is 5.30. The minimum Gasteiger partial charge on any atom is -0.345 e. The Morgan fingerprint density at radius 3 is 3.00 bits per heavy atom. The number of nitrogens with zero attached hydrogens (tertiary/aromatic N) is 4. The van der Waals surface area contributed by atoms with Crippen LogP contribution in [0, 0.1) is 6.92 Å². The first-order chi connectivity index (χ1) is 7.75. The number of hydrogen-bond donors (Lipinski definition) is 2. The molecular formula is C10H16N6. The Morgan fingerprint density at radius 1 is 1.50 bits per heavy atom. The molecule has 16 heavy (non-hydrogen) atoms. The monoisotopic (exact) mass is 220 g/mol. The lowest BCUT2D eigenvalue weighted by Crippen LogP contribution is -2.18. The van der Waals surface area contributed by atoms with Crippen LogP contribution in [0.25, 0.3) is 0 Å². The van der Waals surface area contributed by atoms with E-state index in [9.17, 15) is 0 Å². The third-order valence-corrected chi connectivity index (χ3v) is 2.40. The van der Waals surface area contributed by atoms with Gasteiger partial charge in [-0.1, -0.05) is 0 Å². The average molecular weight is 220 g/mol. The van der Waals surface area contributed by atoms with Crippen molar-refractivity contribution in [2.24, 2.45) is 7.05 Å². The molecule has 2 aromatic heterocycles. The molecule has 0 aliphatic carbocycles. The maximum absolute atomic E-state index is 4.14. The summed E-state index contributed by atoms with van der Waals surface area (Å²) >= 11 is 0. The number of aryl methyl sites for hydroxylation is 2. The van der Waals surface area contributed by atoms with E-state index in [1.165, 1.54) is 0 Å². The predicted molar refractivity (Wildman–Crippen MR) is 59.7 cm³/mol. The van der Waals surface area contributed by atoms with Gasteiger partial charge < -0.3 is 14.9 Å². The minimum absolute atomic E-state index is 0.804. The molecule has 2 rings (SSSR count). The predicted octanol–water partition coefficient (Wildman–Crippen LogP) is 0.179. The summed E-state index contributed by atoms with van der Waals surface area (Å²) in [5.74, 6) is 1.94. The SMILES string of the molecule is Cc1ncc(CNCCc2nncn2C)[nH]1. The lowest BCUT2D eigenvalue weighted by atomic mass is 10.4. The van der Waals surface area contributed by atoms with Crippen LogP contribution in [0.5, 0.6) is 0 Å². The van der Waals surface area contributed by atoms with Gasteiger partial charge in [-0.3, -0.25) is 0 Å². The normalized spacial score (nSPS) is 10.9. The number of nitrogens with one attached hydrogen (secondary N) is 2. The summed E-state index contributed by atoms with van der Waals surface area (Å²) in [4.78, 5) is 7.31. The van der Waals surface area contributed by atoms with Crippen LogP contribution in [0.2, 0.25) is 0 Å². The average Bonchev–Trinajstić information content (AvgIpc) is 2.83. The molecule has 0 aliphatic heterocycles. The maximum Gasteiger partial charge on any atom is 0.133 e. The van der Waals surface area contributed by atoms with Crippen molar-refractivity contribution in [3.05, 3.63) is 29.9 Å². The topological polar surface area (TPSA) is 71.4 Å². The van der Waals surface area contributed by atoms with Gasteiger partial charge in [0, 0.05) is 38.4 Å². The van der Waals surface area contributed by atoms with Gasteiger partial charge in [-0.15, -0.1) is 10.2 Å². The van der Waals surface area contributed by atoms with Crippen molar-refractivity contribution in [1.29, 1.82) is 0 Å². The van der Waals surface area contributed by atoms with E-state index in [2.05, 4.69) is 25.5 Å². The van der Waals surface area contributed by atoms with Crippen LogP contribution in [0.15, 0.2) is 12.5 Å². The van der Waals surface area contributed by atoms with Gasteiger partial charge in [0.2, 0.25) is 0 Å². The van der Waals surface area contributed by atoms with Crippen LogP contribution in [-0.4, -0.2) is 31.3 Å². The summed E-state index contributed by atoms with van der Waals surface area (Å²) < 4.78 is 1.93. The van der Waals surface area contributed by atoms with Gasteiger partial charge in [-0.25, -0.2) is 4.98 Å². The van der Waals surface area contributed by atoms with E-state index in [1.807, 2.05) is 24.7 Å². The molecule has 2 N–H and O–H groups in total. The van der Waals surface area contributed by atoms with Crippen molar-refractivity contribution >= 4 is 0 Å². The fourth-order valence-corrected chi connectivity index (χ4v) is 1.52. The van der Waals surface area contributed by atoms with Crippen LogP contribution in [0.4, 0.5) is 0 Å². The molecule has 0 spiro atoms. The van der Waals surface area contributed by atoms with Crippen LogP contribution in [0.1, 0.15) is 17.3 Å². The fourth-order valence-electron chi connectivity index (χ4n) is 1.52. The van der Waals surface area contributed by atoms with Crippen molar-refractivity contribution < 1.29 is 0 Å². The number of imidazole rings is 1.